The molecule has 0 amide bonds. The van der Waals surface area contributed by atoms with E-state index < -0.39 is 0 Å². The molecule has 0 aromatic carbocycles. The quantitative estimate of drug-likeness (QED) is 0.873. The van der Waals surface area contributed by atoms with Gasteiger partial charge in [0.05, 0.1) is 18.0 Å². The SMILES string of the molecule is Cc1c(CNc2ccc(N)c(OC(C)C)n2)cnn1C. The van der Waals surface area contributed by atoms with Crippen molar-refractivity contribution in [2.75, 3.05) is 11.1 Å². The van der Waals surface area contributed by atoms with Crippen LogP contribution in [0.2, 0.25) is 0 Å². The summed E-state index contributed by atoms with van der Waals surface area (Å²) < 4.78 is 7.42. The van der Waals surface area contributed by atoms with Gasteiger partial charge in [-0.2, -0.15) is 10.1 Å². The van der Waals surface area contributed by atoms with Gasteiger partial charge in [0.25, 0.3) is 0 Å². The third kappa shape index (κ3) is 3.20. The predicted molar refractivity (Wildman–Crippen MR) is 79.7 cm³/mol. The monoisotopic (exact) mass is 275 g/mol. The van der Waals surface area contributed by atoms with E-state index in [1.165, 1.54) is 0 Å². The first-order valence-electron chi connectivity index (χ1n) is 6.62. The van der Waals surface area contributed by atoms with Gasteiger partial charge in [0.15, 0.2) is 0 Å². The molecule has 0 aliphatic heterocycles. The Labute approximate surface area is 119 Å². The molecule has 20 heavy (non-hydrogen) atoms. The van der Waals surface area contributed by atoms with E-state index in [9.17, 15) is 0 Å². The molecule has 2 heterocycles. The Kier molecular flexibility index (Phi) is 4.12. The van der Waals surface area contributed by atoms with E-state index in [0.717, 1.165) is 17.1 Å². The van der Waals surface area contributed by atoms with Crippen molar-refractivity contribution in [2.45, 2.75) is 33.4 Å². The smallest absolute Gasteiger partial charge is 0.239 e. The lowest BCUT2D eigenvalue weighted by Crippen LogP contribution is -2.10. The maximum Gasteiger partial charge on any atom is 0.239 e. The number of hydrogen-bond donors (Lipinski definition) is 2. The summed E-state index contributed by atoms with van der Waals surface area (Å²) in [7, 11) is 1.93. The fourth-order valence-corrected chi connectivity index (χ4v) is 1.77. The lowest BCUT2D eigenvalue weighted by atomic mass is 10.2. The molecule has 0 radical (unpaired) electrons. The van der Waals surface area contributed by atoms with E-state index in [1.807, 2.05) is 44.8 Å². The highest BCUT2D eigenvalue weighted by Crippen LogP contribution is 2.22. The van der Waals surface area contributed by atoms with Crippen molar-refractivity contribution in [2.24, 2.45) is 7.05 Å². The molecule has 0 aliphatic carbocycles. The second-order valence-electron chi connectivity index (χ2n) is 4.99. The van der Waals surface area contributed by atoms with Gasteiger partial charge in [-0.25, -0.2) is 0 Å². The van der Waals surface area contributed by atoms with Gasteiger partial charge >= 0.3 is 0 Å². The van der Waals surface area contributed by atoms with Gasteiger partial charge in [0, 0.05) is 24.8 Å². The number of nitrogens with two attached hydrogens (primary N) is 1. The van der Waals surface area contributed by atoms with E-state index >= 15 is 0 Å². The van der Waals surface area contributed by atoms with Crippen molar-refractivity contribution < 1.29 is 4.74 Å². The van der Waals surface area contributed by atoms with E-state index in [-0.39, 0.29) is 6.10 Å². The summed E-state index contributed by atoms with van der Waals surface area (Å²) >= 11 is 0. The second kappa shape index (κ2) is 5.81. The molecule has 0 saturated carbocycles. The number of nitrogens with zero attached hydrogens (tertiary/aromatic N) is 3. The maximum absolute atomic E-state index is 5.84. The topological polar surface area (TPSA) is 78.0 Å². The molecule has 6 nitrogen and oxygen atoms in total. The van der Waals surface area contributed by atoms with Crippen molar-refractivity contribution in [1.29, 1.82) is 0 Å². The Morgan fingerprint density at radius 2 is 2.15 bits per heavy atom. The third-order valence-electron chi connectivity index (χ3n) is 3.03. The molecule has 0 saturated heterocycles. The second-order valence-corrected chi connectivity index (χ2v) is 4.99. The minimum absolute atomic E-state index is 0.0422. The number of nitrogen functional groups attached to an aromatic ring is 1. The number of anilines is 2. The van der Waals surface area contributed by atoms with Crippen LogP contribution in [0.1, 0.15) is 25.1 Å². The molecule has 6 heteroatoms. The number of hydrogen-bond acceptors (Lipinski definition) is 5. The predicted octanol–water partition coefficient (Wildman–Crippen LogP) is 2.11. The molecule has 108 valence electrons. The van der Waals surface area contributed by atoms with Crippen LogP contribution < -0.4 is 15.8 Å². The van der Waals surface area contributed by atoms with Gasteiger partial charge in [-0.1, -0.05) is 0 Å². The van der Waals surface area contributed by atoms with Crippen LogP contribution in [0.3, 0.4) is 0 Å². The van der Waals surface area contributed by atoms with Crippen LogP contribution in [0.4, 0.5) is 11.5 Å². The van der Waals surface area contributed by atoms with Crippen molar-refractivity contribution in [3.8, 4) is 5.88 Å². The largest absolute Gasteiger partial charge is 0.473 e. The van der Waals surface area contributed by atoms with Gasteiger partial charge in [-0.3, -0.25) is 4.68 Å². The number of nitrogens with one attached hydrogen (secondary N) is 1. The summed E-state index contributed by atoms with van der Waals surface area (Å²) in [6.07, 6.45) is 1.89. The number of aromatic nitrogens is 3. The van der Waals surface area contributed by atoms with E-state index in [4.69, 9.17) is 10.5 Å². The zero-order valence-corrected chi connectivity index (χ0v) is 12.3. The molecule has 0 unspecified atom stereocenters. The molecule has 0 fully saturated rings. The maximum atomic E-state index is 5.84. The average Bonchev–Trinajstić information content (AvgIpc) is 2.70. The minimum Gasteiger partial charge on any atom is -0.473 e. The fourth-order valence-electron chi connectivity index (χ4n) is 1.77. The first kappa shape index (κ1) is 14.2. The van der Waals surface area contributed by atoms with Crippen molar-refractivity contribution in [3.05, 3.63) is 29.6 Å². The number of aryl methyl sites for hydroxylation is 1. The van der Waals surface area contributed by atoms with Crippen LogP contribution in [0.25, 0.3) is 0 Å². The van der Waals surface area contributed by atoms with Crippen LogP contribution >= 0.6 is 0 Å². The lowest BCUT2D eigenvalue weighted by Gasteiger charge is -2.13. The summed E-state index contributed by atoms with van der Waals surface area (Å²) in [5, 5.41) is 7.47. The highest BCUT2D eigenvalue weighted by Gasteiger charge is 2.08. The van der Waals surface area contributed by atoms with E-state index in [0.29, 0.717) is 18.1 Å². The highest BCUT2D eigenvalue weighted by atomic mass is 16.5. The van der Waals surface area contributed by atoms with Crippen molar-refractivity contribution in [1.82, 2.24) is 14.8 Å². The molecule has 2 aromatic rings. The molecular formula is C14H21N5O. The van der Waals surface area contributed by atoms with Gasteiger partial charge < -0.3 is 15.8 Å². The summed E-state index contributed by atoms with van der Waals surface area (Å²) in [5.41, 5.74) is 8.65. The molecular weight excluding hydrogens is 254 g/mol. The fraction of sp³-hybridized carbons (Fsp3) is 0.429. The zero-order valence-electron chi connectivity index (χ0n) is 12.3. The summed E-state index contributed by atoms with van der Waals surface area (Å²) in [4.78, 5) is 4.38. The van der Waals surface area contributed by atoms with Gasteiger partial charge in [-0.05, 0) is 32.9 Å². The number of rotatable bonds is 5. The van der Waals surface area contributed by atoms with E-state index in [2.05, 4.69) is 15.4 Å². The molecule has 2 aromatic heterocycles. The van der Waals surface area contributed by atoms with Crippen molar-refractivity contribution >= 4 is 11.5 Å². The van der Waals surface area contributed by atoms with E-state index in [1.54, 1.807) is 6.07 Å². The Morgan fingerprint density at radius 1 is 1.40 bits per heavy atom. The van der Waals surface area contributed by atoms with Gasteiger partial charge in [-0.15, -0.1) is 0 Å². The first-order chi connectivity index (χ1) is 9.47. The standard InChI is InChI=1S/C14H21N5O/c1-9(2)20-14-12(15)5-6-13(18-14)16-7-11-8-17-19(4)10(11)3/h5-6,8-9H,7,15H2,1-4H3,(H,16,18). The first-order valence-corrected chi connectivity index (χ1v) is 6.62. The molecule has 2 rings (SSSR count). The normalized spacial score (nSPS) is 10.8. The average molecular weight is 275 g/mol. The number of pyridine rings is 1. The lowest BCUT2D eigenvalue weighted by molar-refractivity contribution is 0.234. The van der Waals surface area contributed by atoms with Crippen molar-refractivity contribution in [3.63, 3.8) is 0 Å². The molecule has 0 atom stereocenters. The summed E-state index contributed by atoms with van der Waals surface area (Å²) in [5.74, 6) is 1.20. The highest BCUT2D eigenvalue weighted by molar-refractivity contribution is 5.53. The summed E-state index contributed by atoms with van der Waals surface area (Å²) in [6.45, 7) is 6.59. The van der Waals surface area contributed by atoms with Crippen LogP contribution in [-0.2, 0) is 13.6 Å². The molecule has 0 aliphatic rings. The third-order valence-corrected chi connectivity index (χ3v) is 3.03. The Bertz CT molecular complexity index is 591. The molecule has 0 spiro atoms. The molecule has 0 bridgehead atoms. The van der Waals surface area contributed by atoms with Crippen LogP contribution in [0, 0.1) is 6.92 Å². The Hall–Kier alpha value is -2.24. The van der Waals surface area contributed by atoms with Crippen LogP contribution in [0.5, 0.6) is 5.88 Å². The van der Waals surface area contributed by atoms with Gasteiger partial charge in [0.1, 0.15) is 5.82 Å². The zero-order chi connectivity index (χ0) is 14.7. The van der Waals surface area contributed by atoms with Crippen LogP contribution in [0.15, 0.2) is 18.3 Å². The van der Waals surface area contributed by atoms with Crippen LogP contribution in [-0.4, -0.2) is 20.9 Å². The summed E-state index contributed by atoms with van der Waals surface area (Å²) in [6, 6.07) is 3.64. The Balaban J connectivity index is 2.08. The minimum atomic E-state index is 0.0422. The van der Waals surface area contributed by atoms with Gasteiger partial charge in [0.2, 0.25) is 5.88 Å². The Morgan fingerprint density at radius 3 is 2.75 bits per heavy atom. The number of ether oxygens (including phenoxy) is 1. The molecule has 3 N–H and O–H groups in total.